The van der Waals surface area contributed by atoms with Gasteiger partial charge in [-0.2, -0.15) is 0 Å². The van der Waals surface area contributed by atoms with Gasteiger partial charge < -0.3 is 10.2 Å². The fraction of sp³-hybridized carbons (Fsp3) is 0.182. The Bertz CT molecular complexity index is 498. The number of hydrogen-bond donors (Lipinski definition) is 1. The molecule has 0 radical (unpaired) electrons. The minimum Gasteiger partial charge on any atom is -0.441 e. The van der Waals surface area contributed by atoms with Crippen molar-refractivity contribution in [2.24, 2.45) is 5.73 Å². The number of hydrogen-bond acceptors (Lipinski definition) is 3. The summed E-state index contributed by atoms with van der Waals surface area (Å²) in [5, 5.41) is 0.717. The molecule has 16 heavy (non-hydrogen) atoms. The molecule has 0 saturated carbocycles. The molecule has 2 aromatic rings. The topological polar surface area (TPSA) is 52.0 Å². The first kappa shape index (κ1) is 11.9. The summed E-state index contributed by atoms with van der Waals surface area (Å²) < 4.78 is 6.57. The maximum Gasteiger partial charge on any atom is 0.196 e. The number of halogens is 2. The van der Waals surface area contributed by atoms with Gasteiger partial charge in [-0.1, -0.05) is 17.7 Å². The van der Waals surface area contributed by atoms with Crippen molar-refractivity contribution >= 4 is 34.2 Å². The summed E-state index contributed by atoms with van der Waals surface area (Å²) >= 11 is 8.23. The lowest BCUT2D eigenvalue weighted by Gasteiger charge is -1.99. The van der Waals surface area contributed by atoms with Crippen molar-refractivity contribution in [2.75, 3.05) is 6.54 Å². The fourth-order valence-electron chi connectivity index (χ4n) is 1.33. The number of aromatic nitrogens is 1. The van der Waals surface area contributed by atoms with E-state index in [1.54, 1.807) is 6.20 Å². The molecule has 2 N–H and O–H groups in total. The maximum absolute atomic E-state index is 6.04. The fourth-order valence-corrected chi connectivity index (χ4v) is 1.85. The number of oxazole rings is 1. The maximum atomic E-state index is 6.04. The van der Waals surface area contributed by atoms with Crippen LogP contribution in [0.1, 0.15) is 5.89 Å². The van der Waals surface area contributed by atoms with Gasteiger partial charge in [-0.25, -0.2) is 4.98 Å². The van der Waals surface area contributed by atoms with Crippen LogP contribution in [0.15, 0.2) is 28.8 Å². The summed E-state index contributed by atoms with van der Waals surface area (Å²) in [5.74, 6) is 1.38. The molecule has 0 fully saturated rings. The van der Waals surface area contributed by atoms with E-state index in [0.29, 0.717) is 18.9 Å². The predicted molar refractivity (Wildman–Crippen MR) is 72.4 cm³/mol. The summed E-state index contributed by atoms with van der Waals surface area (Å²) in [6.45, 7) is 0.535. The van der Waals surface area contributed by atoms with E-state index in [2.05, 4.69) is 27.6 Å². The van der Waals surface area contributed by atoms with Crippen molar-refractivity contribution < 1.29 is 4.42 Å². The summed E-state index contributed by atoms with van der Waals surface area (Å²) in [6.07, 6.45) is 2.35. The van der Waals surface area contributed by atoms with E-state index in [1.165, 1.54) is 0 Å². The summed E-state index contributed by atoms with van der Waals surface area (Å²) in [7, 11) is 0. The van der Waals surface area contributed by atoms with Crippen LogP contribution >= 0.6 is 34.2 Å². The van der Waals surface area contributed by atoms with Crippen molar-refractivity contribution in [1.82, 2.24) is 4.98 Å². The van der Waals surface area contributed by atoms with E-state index in [0.717, 1.165) is 19.9 Å². The van der Waals surface area contributed by atoms with E-state index in [1.807, 2.05) is 18.2 Å². The van der Waals surface area contributed by atoms with Gasteiger partial charge in [0, 0.05) is 22.1 Å². The highest BCUT2D eigenvalue weighted by molar-refractivity contribution is 14.1. The van der Waals surface area contributed by atoms with Crippen LogP contribution in [0.4, 0.5) is 0 Å². The minimum absolute atomic E-state index is 0.535. The molecule has 3 nitrogen and oxygen atoms in total. The molecular weight excluding hydrogens is 338 g/mol. The van der Waals surface area contributed by atoms with Gasteiger partial charge in [-0.05, 0) is 34.7 Å². The van der Waals surface area contributed by atoms with Gasteiger partial charge in [0.05, 0.1) is 11.2 Å². The molecule has 0 bridgehead atoms. The Morgan fingerprint density at radius 3 is 2.94 bits per heavy atom. The van der Waals surface area contributed by atoms with Crippen LogP contribution in [-0.4, -0.2) is 11.5 Å². The summed E-state index contributed by atoms with van der Waals surface area (Å²) in [5.41, 5.74) is 6.36. The molecule has 0 aliphatic rings. The van der Waals surface area contributed by atoms with Gasteiger partial charge >= 0.3 is 0 Å². The zero-order valence-corrected chi connectivity index (χ0v) is 11.3. The van der Waals surface area contributed by atoms with E-state index < -0.39 is 0 Å². The number of rotatable bonds is 3. The zero-order valence-electron chi connectivity index (χ0n) is 8.41. The summed E-state index contributed by atoms with van der Waals surface area (Å²) in [4.78, 5) is 4.14. The monoisotopic (exact) mass is 348 g/mol. The molecule has 0 aliphatic heterocycles. The standard InChI is InChI=1S/C11H10ClIN2O/c12-8-5-7(1-2-9(8)13)10-6-15-11(16-10)3-4-14/h1-2,5-6H,3-4,14H2. The first-order valence-electron chi connectivity index (χ1n) is 4.81. The third kappa shape index (κ3) is 2.56. The third-order valence-corrected chi connectivity index (χ3v) is 3.69. The molecule has 0 unspecified atom stereocenters. The smallest absolute Gasteiger partial charge is 0.196 e. The Balaban J connectivity index is 2.31. The molecule has 0 atom stereocenters. The van der Waals surface area contributed by atoms with Crippen molar-refractivity contribution in [2.45, 2.75) is 6.42 Å². The highest BCUT2D eigenvalue weighted by atomic mass is 127. The number of benzene rings is 1. The molecule has 1 heterocycles. The first-order valence-corrected chi connectivity index (χ1v) is 6.26. The van der Waals surface area contributed by atoms with Crippen LogP contribution in [-0.2, 0) is 6.42 Å². The zero-order chi connectivity index (χ0) is 11.5. The average molecular weight is 349 g/mol. The van der Waals surface area contributed by atoms with Gasteiger partial charge in [-0.15, -0.1) is 0 Å². The normalized spacial score (nSPS) is 10.7. The van der Waals surface area contributed by atoms with Crippen molar-refractivity contribution in [3.05, 3.63) is 38.9 Å². The van der Waals surface area contributed by atoms with Crippen LogP contribution in [0.3, 0.4) is 0 Å². The number of nitrogens with zero attached hydrogens (tertiary/aromatic N) is 1. The Morgan fingerprint density at radius 1 is 1.44 bits per heavy atom. The van der Waals surface area contributed by atoms with E-state index >= 15 is 0 Å². The quantitative estimate of drug-likeness (QED) is 0.867. The molecule has 0 aliphatic carbocycles. The Hall–Kier alpha value is -0.590. The van der Waals surface area contributed by atoms with E-state index in [4.69, 9.17) is 21.8 Å². The van der Waals surface area contributed by atoms with E-state index in [-0.39, 0.29) is 0 Å². The van der Waals surface area contributed by atoms with Crippen LogP contribution in [0.2, 0.25) is 5.02 Å². The van der Waals surface area contributed by atoms with Gasteiger partial charge in [0.2, 0.25) is 0 Å². The molecular formula is C11H10ClIN2O. The van der Waals surface area contributed by atoms with Gasteiger partial charge in [-0.3, -0.25) is 0 Å². The van der Waals surface area contributed by atoms with Gasteiger partial charge in [0.25, 0.3) is 0 Å². The first-order chi connectivity index (χ1) is 7.70. The molecule has 0 spiro atoms. The lowest BCUT2D eigenvalue weighted by Crippen LogP contribution is -2.02. The van der Waals surface area contributed by atoms with Crippen molar-refractivity contribution in [1.29, 1.82) is 0 Å². The molecule has 84 valence electrons. The lowest BCUT2D eigenvalue weighted by molar-refractivity contribution is 0.508. The summed E-state index contributed by atoms with van der Waals surface area (Å²) in [6, 6.07) is 5.78. The van der Waals surface area contributed by atoms with Crippen LogP contribution in [0.5, 0.6) is 0 Å². The molecule has 0 saturated heterocycles. The van der Waals surface area contributed by atoms with Crippen LogP contribution in [0.25, 0.3) is 11.3 Å². The van der Waals surface area contributed by atoms with Crippen LogP contribution in [0, 0.1) is 3.57 Å². The molecule has 5 heteroatoms. The number of nitrogens with two attached hydrogens (primary N) is 1. The van der Waals surface area contributed by atoms with Crippen LogP contribution < -0.4 is 5.73 Å². The largest absolute Gasteiger partial charge is 0.441 e. The molecule has 1 aromatic carbocycles. The Kier molecular flexibility index (Phi) is 3.83. The van der Waals surface area contributed by atoms with Crippen molar-refractivity contribution in [3.63, 3.8) is 0 Å². The molecule has 2 rings (SSSR count). The predicted octanol–water partition coefficient (Wildman–Crippen LogP) is 3.10. The highest BCUT2D eigenvalue weighted by Crippen LogP contribution is 2.27. The van der Waals surface area contributed by atoms with Crippen molar-refractivity contribution in [3.8, 4) is 11.3 Å². The van der Waals surface area contributed by atoms with Gasteiger partial charge in [0.1, 0.15) is 0 Å². The Labute approximate surface area is 112 Å². The molecule has 0 amide bonds. The lowest BCUT2D eigenvalue weighted by atomic mass is 10.2. The second-order valence-corrected chi connectivity index (χ2v) is 4.86. The minimum atomic E-state index is 0.535. The second-order valence-electron chi connectivity index (χ2n) is 3.29. The molecule has 1 aromatic heterocycles. The van der Waals surface area contributed by atoms with E-state index in [9.17, 15) is 0 Å². The second kappa shape index (κ2) is 5.16. The average Bonchev–Trinajstić information content (AvgIpc) is 2.71. The SMILES string of the molecule is NCCc1ncc(-c2ccc(I)c(Cl)c2)o1. The highest BCUT2D eigenvalue weighted by Gasteiger charge is 2.07. The Morgan fingerprint density at radius 2 is 2.25 bits per heavy atom. The third-order valence-electron chi connectivity index (χ3n) is 2.12. The van der Waals surface area contributed by atoms with Gasteiger partial charge in [0.15, 0.2) is 11.7 Å².